The number of rotatable bonds is 1. The van der Waals surface area contributed by atoms with Gasteiger partial charge in [0.2, 0.25) is 0 Å². The molecule has 0 aliphatic heterocycles. The van der Waals surface area contributed by atoms with Crippen LogP contribution >= 0.6 is 0 Å². The van der Waals surface area contributed by atoms with E-state index in [0.717, 1.165) is 11.2 Å². The van der Waals surface area contributed by atoms with Gasteiger partial charge in [-0.05, 0) is 36.4 Å². The maximum atomic E-state index is 12.9. The molecule has 18 heavy (non-hydrogen) atoms. The van der Waals surface area contributed by atoms with E-state index in [-0.39, 0.29) is 11.2 Å². The largest absolute Gasteiger partial charge is 0.316 e. The van der Waals surface area contributed by atoms with Crippen LogP contribution in [0.5, 0.6) is 0 Å². The highest BCUT2D eigenvalue weighted by Crippen LogP contribution is 2.16. The Balaban J connectivity index is 2.33. The number of hydrogen-bond donors (Lipinski definition) is 0. The maximum absolute atomic E-state index is 12.9. The van der Waals surface area contributed by atoms with Crippen molar-refractivity contribution in [2.75, 3.05) is 0 Å². The van der Waals surface area contributed by atoms with E-state index in [2.05, 4.69) is 0 Å². The fraction of sp³-hybridized carbons (Fsp3) is 0. The van der Waals surface area contributed by atoms with Crippen LogP contribution in [0.25, 0.3) is 16.6 Å². The van der Waals surface area contributed by atoms with Crippen LogP contribution in [-0.4, -0.2) is 4.57 Å². The first-order valence-electron chi connectivity index (χ1n) is 5.62. The van der Waals surface area contributed by atoms with E-state index in [4.69, 9.17) is 0 Å². The van der Waals surface area contributed by atoms with Gasteiger partial charge in [0.05, 0.1) is 5.52 Å². The first-order valence-corrected chi connectivity index (χ1v) is 5.62. The molecule has 0 aliphatic carbocycles. The lowest BCUT2D eigenvalue weighted by Gasteiger charge is -2.10. The minimum absolute atomic E-state index is 0.0102. The Hall–Kier alpha value is -2.42. The SMILES string of the molecule is O=c1ccn(-c2ccc(F)cc2)c2ccccc12. The van der Waals surface area contributed by atoms with Gasteiger partial charge >= 0.3 is 0 Å². The molecule has 0 saturated heterocycles. The molecule has 0 fully saturated rings. The summed E-state index contributed by atoms with van der Waals surface area (Å²) < 4.78 is 14.8. The fourth-order valence-corrected chi connectivity index (χ4v) is 2.03. The van der Waals surface area contributed by atoms with Gasteiger partial charge < -0.3 is 4.57 Å². The number of nitrogens with zero attached hydrogens (tertiary/aromatic N) is 1. The first kappa shape index (κ1) is 10.7. The van der Waals surface area contributed by atoms with Gasteiger partial charge in [-0.1, -0.05) is 12.1 Å². The number of hydrogen-bond acceptors (Lipinski definition) is 1. The van der Waals surface area contributed by atoms with E-state index in [1.807, 2.05) is 22.8 Å². The Kier molecular flexibility index (Phi) is 2.45. The van der Waals surface area contributed by atoms with E-state index in [1.54, 1.807) is 24.4 Å². The number of benzene rings is 2. The summed E-state index contributed by atoms with van der Waals surface area (Å²) in [6, 6.07) is 15.1. The van der Waals surface area contributed by atoms with E-state index < -0.39 is 0 Å². The first-order chi connectivity index (χ1) is 8.75. The van der Waals surface area contributed by atoms with Crippen LogP contribution in [-0.2, 0) is 0 Å². The van der Waals surface area contributed by atoms with Crippen molar-refractivity contribution >= 4 is 10.9 Å². The lowest BCUT2D eigenvalue weighted by Crippen LogP contribution is -2.06. The van der Waals surface area contributed by atoms with Crippen molar-refractivity contribution in [1.82, 2.24) is 4.57 Å². The molecule has 0 aliphatic rings. The van der Waals surface area contributed by atoms with Gasteiger partial charge in [-0.25, -0.2) is 4.39 Å². The minimum Gasteiger partial charge on any atom is -0.316 e. The van der Waals surface area contributed by atoms with Crippen molar-refractivity contribution in [3.8, 4) is 5.69 Å². The van der Waals surface area contributed by atoms with Gasteiger partial charge in [-0.3, -0.25) is 4.79 Å². The monoisotopic (exact) mass is 239 g/mol. The van der Waals surface area contributed by atoms with Gasteiger partial charge in [0.15, 0.2) is 5.43 Å². The summed E-state index contributed by atoms with van der Waals surface area (Å²) in [4.78, 5) is 11.7. The normalized spacial score (nSPS) is 10.7. The highest BCUT2D eigenvalue weighted by molar-refractivity contribution is 5.80. The number of para-hydroxylation sites is 1. The molecule has 0 amide bonds. The zero-order valence-electron chi connectivity index (χ0n) is 9.51. The third-order valence-corrected chi connectivity index (χ3v) is 2.91. The molecule has 3 aromatic rings. The van der Waals surface area contributed by atoms with Gasteiger partial charge in [0, 0.05) is 23.3 Å². The molecule has 0 bridgehead atoms. The summed E-state index contributed by atoms with van der Waals surface area (Å²) in [5.74, 6) is -0.274. The second-order valence-corrected chi connectivity index (χ2v) is 4.04. The Morgan fingerprint density at radius 1 is 0.889 bits per heavy atom. The second kappa shape index (κ2) is 4.11. The predicted octanol–water partition coefficient (Wildman–Crippen LogP) is 3.13. The van der Waals surface area contributed by atoms with Crippen molar-refractivity contribution in [3.63, 3.8) is 0 Å². The summed E-state index contributed by atoms with van der Waals surface area (Å²) in [5, 5.41) is 0.657. The lowest BCUT2D eigenvalue weighted by molar-refractivity contribution is 0.627. The summed E-state index contributed by atoms with van der Waals surface area (Å²) in [6.07, 6.45) is 1.71. The van der Waals surface area contributed by atoms with Crippen LogP contribution < -0.4 is 5.43 Å². The fourth-order valence-electron chi connectivity index (χ4n) is 2.03. The standard InChI is InChI=1S/C15H10FNO/c16-11-5-7-12(8-6-11)17-10-9-15(18)13-3-1-2-4-14(13)17/h1-10H. The zero-order chi connectivity index (χ0) is 12.5. The summed E-state index contributed by atoms with van der Waals surface area (Å²) in [7, 11) is 0. The van der Waals surface area contributed by atoms with Gasteiger partial charge in [-0.2, -0.15) is 0 Å². The van der Waals surface area contributed by atoms with E-state index in [1.165, 1.54) is 18.2 Å². The van der Waals surface area contributed by atoms with E-state index in [9.17, 15) is 9.18 Å². The van der Waals surface area contributed by atoms with Crippen molar-refractivity contribution in [2.24, 2.45) is 0 Å². The molecular weight excluding hydrogens is 229 g/mol. The number of pyridine rings is 1. The van der Waals surface area contributed by atoms with Crippen molar-refractivity contribution in [3.05, 3.63) is 76.8 Å². The van der Waals surface area contributed by atoms with Gasteiger partial charge in [-0.15, -0.1) is 0 Å². The molecule has 0 atom stereocenters. The predicted molar refractivity (Wildman–Crippen MR) is 69.5 cm³/mol. The summed E-state index contributed by atoms with van der Waals surface area (Å²) >= 11 is 0. The molecule has 0 saturated carbocycles. The van der Waals surface area contributed by atoms with E-state index >= 15 is 0 Å². The van der Waals surface area contributed by atoms with Crippen molar-refractivity contribution < 1.29 is 4.39 Å². The average molecular weight is 239 g/mol. The molecule has 3 rings (SSSR count). The van der Waals surface area contributed by atoms with Crippen molar-refractivity contribution in [2.45, 2.75) is 0 Å². The minimum atomic E-state index is -0.274. The Labute approximate surface area is 103 Å². The molecule has 1 heterocycles. The Bertz CT molecular complexity index is 759. The molecule has 1 aromatic heterocycles. The number of halogens is 1. The van der Waals surface area contributed by atoms with Crippen LogP contribution in [0.1, 0.15) is 0 Å². The zero-order valence-corrected chi connectivity index (χ0v) is 9.51. The molecular formula is C15H10FNO. The van der Waals surface area contributed by atoms with Gasteiger partial charge in [0.1, 0.15) is 5.82 Å². The molecule has 0 spiro atoms. The van der Waals surface area contributed by atoms with Crippen LogP contribution in [0.4, 0.5) is 4.39 Å². The van der Waals surface area contributed by atoms with Crippen LogP contribution in [0.3, 0.4) is 0 Å². The molecule has 0 unspecified atom stereocenters. The van der Waals surface area contributed by atoms with E-state index in [0.29, 0.717) is 5.39 Å². The summed E-state index contributed by atoms with van der Waals surface area (Å²) in [5.41, 5.74) is 1.63. The lowest BCUT2D eigenvalue weighted by atomic mass is 10.2. The number of fused-ring (bicyclic) bond motifs is 1. The molecule has 2 aromatic carbocycles. The molecule has 0 N–H and O–H groups in total. The smallest absolute Gasteiger partial charge is 0.189 e. The molecule has 3 heteroatoms. The third-order valence-electron chi connectivity index (χ3n) is 2.91. The third kappa shape index (κ3) is 1.70. The molecule has 0 radical (unpaired) electrons. The van der Waals surface area contributed by atoms with Crippen LogP contribution in [0.2, 0.25) is 0 Å². The summed E-state index contributed by atoms with van der Waals surface area (Å²) in [6.45, 7) is 0. The highest BCUT2D eigenvalue weighted by atomic mass is 19.1. The number of aromatic nitrogens is 1. The van der Waals surface area contributed by atoms with Crippen LogP contribution in [0.15, 0.2) is 65.6 Å². The Morgan fingerprint density at radius 2 is 1.61 bits per heavy atom. The van der Waals surface area contributed by atoms with Crippen LogP contribution in [0, 0.1) is 5.82 Å². The maximum Gasteiger partial charge on any atom is 0.189 e. The average Bonchev–Trinajstić information content (AvgIpc) is 2.41. The quantitative estimate of drug-likeness (QED) is 0.639. The topological polar surface area (TPSA) is 22.0 Å². The molecule has 88 valence electrons. The molecule has 2 nitrogen and oxygen atoms in total. The van der Waals surface area contributed by atoms with Crippen molar-refractivity contribution in [1.29, 1.82) is 0 Å². The Morgan fingerprint density at radius 3 is 2.39 bits per heavy atom. The highest BCUT2D eigenvalue weighted by Gasteiger charge is 2.03. The second-order valence-electron chi connectivity index (χ2n) is 4.04. The van der Waals surface area contributed by atoms with Gasteiger partial charge in [0.25, 0.3) is 0 Å².